The molecule has 0 N–H and O–H groups in total. The highest BCUT2D eigenvalue weighted by Gasteiger charge is 2.31. The Labute approximate surface area is 200 Å². The Morgan fingerprint density at radius 1 is 0.743 bits per heavy atom. The topological polar surface area (TPSA) is 19.4 Å². The maximum absolute atomic E-state index is 15.1. The van der Waals surface area contributed by atoms with E-state index in [1.165, 1.54) is 0 Å². The molecule has 0 saturated carbocycles. The molecule has 0 unspecified atom stereocenters. The van der Waals surface area contributed by atoms with E-state index in [9.17, 15) is 13.2 Å². The van der Waals surface area contributed by atoms with Gasteiger partial charge < -0.3 is 9.32 Å². The van der Waals surface area contributed by atoms with E-state index in [0.717, 1.165) is 22.2 Å². The summed E-state index contributed by atoms with van der Waals surface area (Å²) in [4.78, 5) is 2.09. The van der Waals surface area contributed by atoms with Crippen molar-refractivity contribution in [2.45, 2.75) is 27.7 Å². The van der Waals surface area contributed by atoms with Crippen molar-refractivity contribution < 1.29 is 26.4 Å². The lowest BCUT2D eigenvalue weighted by Gasteiger charge is -2.25. The van der Waals surface area contributed by atoms with Gasteiger partial charge in [-0.05, 0) is 45.4 Å². The van der Waals surface area contributed by atoms with Crippen molar-refractivity contribution >= 4 is 16.7 Å². The largest absolute Gasteiger partial charge is 0.456 e. The summed E-state index contributed by atoms with van der Waals surface area (Å²) in [5.41, 5.74) is 1.84. The number of rotatable bonds is 4. The quantitative estimate of drug-likeness (QED) is 0.109. The van der Waals surface area contributed by atoms with Crippen molar-refractivity contribution in [3.8, 4) is 22.5 Å². The Morgan fingerprint density at radius 2 is 1.31 bits per heavy atom. The first-order chi connectivity index (χ1) is 16.5. The number of nitrogens with zero attached hydrogens (tertiary/aromatic N) is 2. The van der Waals surface area contributed by atoms with Crippen molar-refractivity contribution in [1.29, 1.82) is 0 Å². The molecule has 0 spiro atoms. The fourth-order valence-corrected chi connectivity index (χ4v) is 4.66. The summed E-state index contributed by atoms with van der Waals surface area (Å²) >= 11 is 0. The van der Waals surface area contributed by atoms with Gasteiger partial charge in [0.2, 0.25) is 11.2 Å². The van der Waals surface area contributed by atoms with Crippen LogP contribution in [0.5, 0.6) is 0 Å². The SMILES string of the molecule is CCN(CC)c1cc2oc3cc(=[N+](C)C)c(C)cc-3c(-c3c(F)c(F)c(F)c(F)c3F)c2cc1C. The third-order valence-electron chi connectivity index (χ3n) is 6.40. The molecule has 4 rings (SSSR count). The van der Waals surface area contributed by atoms with Crippen LogP contribution in [-0.2, 0) is 0 Å². The molecule has 184 valence electrons. The highest BCUT2D eigenvalue weighted by Crippen LogP contribution is 2.45. The molecule has 0 bridgehead atoms. The number of fused-ring (bicyclic) bond motifs is 2. The predicted molar refractivity (Wildman–Crippen MR) is 128 cm³/mol. The van der Waals surface area contributed by atoms with Crippen LogP contribution in [0.4, 0.5) is 27.6 Å². The summed E-state index contributed by atoms with van der Waals surface area (Å²) < 4.78 is 80.7. The molecule has 8 heteroatoms. The molecule has 0 aromatic heterocycles. The minimum atomic E-state index is -2.19. The van der Waals surface area contributed by atoms with Gasteiger partial charge in [-0.1, -0.05) is 0 Å². The van der Waals surface area contributed by atoms with Crippen LogP contribution in [0.1, 0.15) is 25.0 Å². The average molecular weight is 490 g/mol. The molecule has 2 aromatic carbocycles. The molecule has 2 aliphatic rings. The van der Waals surface area contributed by atoms with Gasteiger partial charge in [-0.3, -0.25) is 0 Å². The lowest BCUT2D eigenvalue weighted by atomic mass is 9.90. The Hall–Kier alpha value is -3.42. The lowest BCUT2D eigenvalue weighted by molar-refractivity contribution is 0.381. The summed E-state index contributed by atoms with van der Waals surface area (Å²) in [5.74, 6) is -9.66. The second-order valence-corrected chi connectivity index (χ2v) is 8.76. The molecule has 0 fully saturated rings. The van der Waals surface area contributed by atoms with Crippen LogP contribution < -0.4 is 14.8 Å². The van der Waals surface area contributed by atoms with Crippen LogP contribution in [0, 0.1) is 42.9 Å². The zero-order chi connectivity index (χ0) is 25.8. The van der Waals surface area contributed by atoms with E-state index >= 15 is 8.78 Å². The van der Waals surface area contributed by atoms with E-state index in [1.54, 1.807) is 31.2 Å². The van der Waals surface area contributed by atoms with Crippen LogP contribution >= 0.6 is 0 Å². The maximum Gasteiger partial charge on any atom is 0.206 e. The number of anilines is 1. The summed E-state index contributed by atoms with van der Waals surface area (Å²) in [7, 11) is 3.67. The lowest BCUT2D eigenvalue weighted by Crippen LogP contribution is -2.24. The van der Waals surface area contributed by atoms with Crippen molar-refractivity contribution in [3.05, 3.63) is 69.8 Å². The maximum atomic E-state index is 15.1. The molecule has 0 atom stereocenters. The molecular weight excluding hydrogens is 463 g/mol. The Bertz CT molecular complexity index is 1490. The highest BCUT2D eigenvalue weighted by atomic mass is 19.2. The fraction of sp³-hybridized carbons (Fsp3) is 0.296. The van der Waals surface area contributed by atoms with Crippen LogP contribution in [0.3, 0.4) is 0 Å². The molecule has 0 saturated heterocycles. The van der Waals surface area contributed by atoms with Crippen molar-refractivity contribution in [3.63, 3.8) is 0 Å². The van der Waals surface area contributed by atoms with Gasteiger partial charge in [-0.25, -0.2) is 26.5 Å². The minimum Gasteiger partial charge on any atom is -0.456 e. The highest BCUT2D eigenvalue weighted by molar-refractivity contribution is 6.03. The number of aryl methyl sites for hydroxylation is 2. The minimum absolute atomic E-state index is 0.100. The van der Waals surface area contributed by atoms with Gasteiger partial charge in [0.15, 0.2) is 23.3 Å². The Morgan fingerprint density at radius 3 is 1.86 bits per heavy atom. The fourth-order valence-electron chi connectivity index (χ4n) is 4.66. The number of hydrogen-bond donors (Lipinski definition) is 0. The summed E-state index contributed by atoms with van der Waals surface area (Å²) in [6.07, 6.45) is 0. The van der Waals surface area contributed by atoms with Crippen LogP contribution in [0.15, 0.2) is 28.7 Å². The Balaban J connectivity index is 2.28. The van der Waals surface area contributed by atoms with E-state index in [0.29, 0.717) is 13.1 Å². The van der Waals surface area contributed by atoms with Gasteiger partial charge in [0.05, 0.1) is 11.6 Å². The van der Waals surface area contributed by atoms with E-state index in [2.05, 4.69) is 4.90 Å². The van der Waals surface area contributed by atoms with E-state index in [4.69, 9.17) is 4.42 Å². The molecule has 1 heterocycles. The summed E-state index contributed by atoms with van der Waals surface area (Å²) in [6.45, 7) is 9.06. The molecule has 0 radical (unpaired) electrons. The van der Waals surface area contributed by atoms with Gasteiger partial charge in [-0.15, -0.1) is 0 Å². The van der Waals surface area contributed by atoms with Gasteiger partial charge in [0.25, 0.3) is 0 Å². The van der Waals surface area contributed by atoms with Crippen LogP contribution in [-0.4, -0.2) is 27.2 Å². The number of hydrogen-bond acceptors (Lipinski definition) is 2. The summed E-state index contributed by atoms with van der Waals surface area (Å²) in [6, 6.07) is 6.78. The van der Waals surface area contributed by atoms with E-state index in [-0.39, 0.29) is 27.9 Å². The molecule has 0 amide bonds. The first-order valence-corrected chi connectivity index (χ1v) is 11.3. The molecule has 35 heavy (non-hydrogen) atoms. The normalized spacial score (nSPS) is 11.5. The van der Waals surface area contributed by atoms with Gasteiger partial charge >= 0.3 is 0 Å². The average Bonchev–Trinajstić information content (AvgIpc) is 2.82. The number of halogens is 5. The predicted octanol–water partition coefficient (Wildman–Crippen LogP) is 6.39. The van der Waals surface area contributed by atoms with Crippen molar-refractivity contribution in [1.82, 2.24) is 4.58 Å². The zero-order valence-corrected chi connectivity index (χ0v) is 20.4. The van der Waals surface area contributed by atoms with Crippen molar-refractivity contribution in [2.24, 2.45) is 0 Å². The molecule has 2 aromatic rings. The monoisotopic (exact) mass is 489 g/mol. The third-order valence-corrected chi connectivity index (χ3v) is 6.40. The zero-order valence-electron chi connectivity index (χ0n) is 20.4. The first-order valence-electron chi connectivity index (χ1n) is 11.3. The smallest absolute Gasteiger partial charge is 0.206 e. The van der Waals surface area contributed by atoms with E-state index in [1.807, 2.05) is 39.4 Å². The van der Waals surface area contributed by atoms with Crippen LogP contribution in [0.25, 0.3) is 33.4 Å². The third kappa shape index (κ3) is 3.85. The molecular formula is C27H26F5N2O+. The summed E-state index contributed by atoms with van der Waals surface area (Å²) in [5, 5.41) is 1.05. The van der Waals surface area contributed by atoms with Gasteiger partial charge in [0.1, 0.15) is 25.4 Å². The van der Waals surface area contributed by atoms with Crippen molar-refractivity contribution in [2.75, 3.05) is 32.1 Å². The second kappa shape index (κ2) is 8.98. The molecule has 3 nitrogen and oxygen atoms in total. The van der Waals surface area contributed by atoms with E-state index < -0.39 is 34.6 Å². The van der Waals surface area contributed by atoms with Gasteiger partial charge in [0, 0.05) is 46.9 Å². The molecule has 1 aliphatic heterocycles. The second-order valence-electron chi connectivity index (χ2n) is 8.76. The molecule has 1 aliphatic carbocycles. The van der Waals surface area contributed by atoms with Crippen LogP contribution in [0.2, 0.25) is 0 Å². The number of benzene rings is 3. The first kappa shape index (κ1) is 24.7. The Kier molecular flexibility index (Phi) is 6.34. The van der Waals surface area contributed by atoms with Gasteiger partial charge in [-0.2, -0.15) is 0 Å². The standard InChI is InChI=1S/C27H26F5N2O/c1-7-34(8-2)18-12-20-16(10-14(18)4)21(22-23(28)25(30)27(32)26(31)24(22)29)15-9-13(3)17(33(5)6)11-19(15)35-20/h9-12H,7-8H2,1-6H3/q+1.